The number of hydrogen-bond donors (Lipinski definition) is 1. The number of amides is 2. The van der Waals surface area contributed by atoms with E-state index in [4.69, 9.17) is 0 Å². The van der Waals surface area contributed by atoms with Crippen molar-refractivity contribution in [3.05, 3.63) is 18.2 Å². The van der Waals surface area contributed by atoms with Crippen molar-refractivity contribution in [2.24, 2.45) is 5.92 Å². The van der Waals surface area contributed by atoms with Gasteiger partial charge in [-0.3, -0.25) is 9.59 Å². The van der Waals surface area contributed by atoms with E-state index in [1.165, 1.54) is 21.0 Å². The Hall–Kier alpha value is -1.58. The highest BCUT2D eigenvalue weighted by molar-refractivity contribution is 7.99. The van der Waals surface area contributed by atoms with Crippen LogP contribution in [0.5, 0.6) is 0 Å². The number of carbonyl (C=O) groups excluding carboxylic acids is 2. The SMILES string of the molecule is CCCCNC(=O)CN1C(=O)C(C)CSc2ccc(S(=O)(=O)N3CCCC3)cc21. The van der Waals surface area contributed by atoms with E-state index in [0.29, 0.717) is 31.1 Å². The van der Waals surface area contributed by atoms with Gasteiger partial charge in [-0.15, -0.1) is 11.8 Å². The van der Waals surface area contributed by atoms with Crippen LogP contribution >= 0.6 is 11.8 Å². The molecule has 1 atom stereocenters. The number of carbonyl (C=O) groups is 2. The van der Waals surface area contributed by atoms with Crippen LogP contribution < -0.4 is 10.2 Å². The predicted octanol–water partition coefficient (Wildman–Crippen LogP) is 2.46. The predicted molar refractivity (Wildman–Crippen MR) is 115 cm³/mol. The second-order valence-corrected chi connectivity index (χ2v) is 10.6. The van der Waals surface area contributed by atoms with Crippen LogP contribution in [0.2, 0.25) is 0 Å². The maximum absolute atomic E-state index is 13.0. The first-order chi connectivity index (χ1) is 13.8. The quantitative estimate of drug-likeness (QED) is 0.660. The fraction of sp³-hybridized carbons (Fsp3) is 0.600. The van der Waals surface area contributed by atoms with Gasteiger partial charge in [-0.05, 0) is 37.5 Å². The first-order valence-corrected chi connectivity index (χ1v) is 12.6. The van der Waals surface area contributed by atoms with Crippen LogP contribution in [0, 0.1) is 5.92 Å². The summed E-state index contributed by atoms with van der Waals surface area (Å²) < 4.78 is 27.5. The molecular formula is C20H29N3O4S2. The Morgan fingerprint density at radius 2 is 2.00 bits per heavy atom. The zero-order chi connectivity index (χ0) is 21.0. The first-order valence-electron chi connectivity index (χ1n) is 10.2. The Morgan fingerprint density at radius 1 is 1.28 bits per heavy atom. The van der Waals surface area contributed by atoms with Gasteiger partial charge in [0.2, 0.25) is 21.8 Å². The van der Waals surface area contributed by atoms with Crippen molar-refractivity contribution in [2.75, 3.05) is 36.8 Å². The molecule has 0 spiro atoms. The average Bonchev–Trinajstić information content (AvgIpc) is 3.22. The molecule has 7 nitrogen and oxygen atoms in total. The van der Waals surface area contributed by atoms with Crippen molar-refractivity contribution >= 4 is 39.3 Å². The van der Waals surface area contributed by atoms with Gasteiger partial charge in [0.15, 0.2) is 0 Å². The first kappa shape index (κ1) is 22.1. The largest absolute Gasteiger partial charge is 0.355 e. The maximum atomic E-state index is 13.0. The third-order valence-electron chi connectivity index (χ3n) is 5.25. The fourth-order valence-corrected chi connectivity index (χ4v) is 6.10. The molecule has 29 heavy (non-hydrogen) atoms. The number of fused-ring (bicyclic) bond motifs is 1. The summed E-state index contributed by atoms with van der Waals surface area (Å²) in [5.41, 5.74) is 0.510. The Kier molecular flexibility index (Phi) is 7.23. The van der Waals surface area contributed by atoms with E-state index >= 15 is 0 Å². The van der Waals surface area contributed by atoms with Gasteiger partial charge in [-0.1, -0.05) is 20.3 Å². The molecule has 9 heteroatoms. The van der Waals surface area contributed by atoms with Crippen LogP contribution in [-0.4, -0.2) is 56.5 Å². The Balaban J connectivity index is 1.92. The van der Waals surface area contributed by atoms with Crippen LogP contribution in [0.15, 0.2) is 28.0 Å². The minimum atomic E-state index is -3.60. The van der Waals surface area contributed by atoms with Crippen LogP contribution in [-0.2, 0) is 19.6 Å². The molecule has 1 saturated heterocycles. The molecule has 0 aliphatic carbocycles. The van der Waals surface area contributed by atoms with Gasteiger partial charge in [0.1, 0.15) is 6.54 Å². The number of benzene rings is 1. The number of hydrogen-bond acceptors (Lipinski definition) is 5. The minimum absolute atomic E-state index is 0.104. The second kappa shape index (κ2) is 9.49. The number of thioether (sulfide) groups is 1. The van der Waals surface area contributed by atoms with E-state index < -0.39 is 10.0 Å². The van der Waals surface area contributed by atoms with E-state index in [1.54, 1.807) is 18.2 Å². The average molecular weight is 440 g/mol. The van der Waals surface area contributed by atoms with Gasteiger partial charge < -0.3 is 10.2 Å². The molecular weight excluding hydrogens is 410 g/mol. The Morgan fingerprint density at radius 3 is 2.69 bits per heavy atom. The maximum Gasteiger partial charge on any atom is 0.243 e. The van der Waals surface area contributed by atoms with E-state index in [-0.39, 0.29) is 29.2 Å². The van der Waals surface area contributed by atoms with Crippen molar-refractivity contribution < 1.29 is 18.0 Å². The van der Waals surface area contributed by atoms with Crippen LogP contribution in [0.3, 0.4) is 0 Å². The van der Waals surface area contributed by atoms with Crippen LogP contribution in [0.25, 0.3) is 0 Å². The molecule has 1 aromatic carbocycles. The summed E-state index contributed by atoms with van der Waals surface area (Å²) in [6.45, 7) is 5.39. The number of sulfonamides is 1. The standard InChI is InChI=1S/C20H29N3O4S2/c1-3-4-9-21-19(24)13-23-17-12-16(29(26,27)22-10-5-6-11-22)7-8-18(17)28-14-15(2)20(23)25/h7-8,12,15H,3-6,9-11,13-14H2,1-2H3,(H,21,24). The molecule has 1 aromatic rings. The molecule has 2 aliphatic heterocycles. The highest BCUT2D eigenvalue weighted by Crippen LogP contribution is 2.38. The van der Waals surface area contributed by atoms with Gasteiger partial charge in [0.05, 0.1) is 10.6 Å². The molecule has 2 aliphatic rings. The third kappa shape index (κ3) is 4.95. The topological polar surface area (TPSA) is 86.8 Å². The second-order valence-electron chi connectivity index (χ2n) is 7.58. The van der Waals surface area contributed by atoms with Crippen molar-refractivity contribution in [3.63, 3.8) is 0 Å². The van der Waals surface area contributed by atoms with Crippen molar-refractivity contribution in [1.82, 2.24) is 9.62 Å². The van der Waals surface area contributed by atoms with Gasteiger partial charge in [-0.2, -0.15) is 4.31 Å². The summed E-state index contributed by atoms with van der Waals surface area (Å²) in [6.07, 6.45) is 3.57. The zero-order valence-electron chi connectivity index (χ0n) is 17.0. The number of nitrogens with zero attached hydrogens (tertiary/aromatic N) is 2. The summed E-state index contributed by atoms with van der Waals surface area (Å²) in [7, 11) is -3.60. The molecule has 3 rings (SSSR count). The van der Waals surface area contributed by atoms with Crippen molar-refractivity contribution in [2.45, 2.75) is 49.3 Å². The Bertz CT molecular complexity index is 866. The summed E-state index contributed by atoms with van der Waals surface area (Å²) in [6, 6.07) is 4.93. The van der Waals surface area contributed by atoms with E-state index in [2.05, 4.69) is 5.32 Å². The molecule has 2 heterocycles. The summed E-state index contributed by atoms with van der Waals surface area (Å²) in [4.78, 5) is 27.8. The van der Waals surface area contributed by atoms with E-state index in [0.717, 1.165) is 30.6 Å². The van der Waals surface area contributed by atoms with E-state index in [1.807, 2.05) is 13.8 Å². The van der Waals surface area contributed by atoms with Crippen LogP contribution in [0.4, 0.5) is 5.69 Å². The lowest BCUT2D eigenvalue weighted by Crippen LogP contribution is -2.43. The number of nitrogens with one attached hydrogen (secondary N) is 1. The van der Waals surface area contributed by atoms with Gasteiger partial charge in [-0.25, -0.2) is 8.42 Å². The molecule has 160 valence electrons. The number of unbranched alkanes of at least 4 members (excludes halogenated alkanes) is 1. The van der Waals surface area contributed by atoms with Crippen LogP contribution in [0.1, 0.15) is 39.5 Å². The fourth-order valence-electron chi connectivity index (χ4n) is 3.51. The lowest BCUT2D eigenvalue weighted by molar-refractivity contribution is -0.125. The molecule has 0 saturated carbocycles. The summed E-state index contributed by atoms with van der Waals surface area (Å²) in [5, 5.41) is 2.84. The third-order valence-corrected chi connectivity index (χ3v) is 8.47. The lowest BCUT2D eigenvalue weighted by atomic mass is 10.1. The van der Waals surface area contributed by atoms with Crippen molar-refractivity contribution in [1.29, 1.82) is 0 Å². The number of rotatable bonds is 7. The van der Waals surface area contributed by atoms with Gasteiger partial charge in [0, 0.05) is 36.2 Å². The highest BCUT2D eigenvalue weighted by atomic mass is 32.2. The molecule has 1 N–H and O–H groups in total. The number of anilines is 1. The molecule has 1 fully saturated rings. The summed E-state index contributed by atoms with van der Waals surface area (Å²) >= 11 is 1.52. The molecule has 0 aromatic heterocycles. The molecule has 1 unspecified atom stereocenters. The lowest BCUT2D eigenvalue weighted by Gasteiger charge is -2.25. The van der Waals surface area contributed by atoms with E-state index in [9.17, 15) is 18.0 Å². The molecule has 0 bridgehead atoms. The Labute approximate surface area is 177 Å². The van der Waals surface area contributed by atoms with Gasteiger partial charge >= 0.3 is 0 Å². The smallest absolute Gasteiger partial charge is 0.243 e. The molecule has 2 amide bonds. The molecule has 0 radical (unpaired) electrons. The highest BCUT2D eigenvalue weighted by Gasteiger charge is 2.32. The monoisotopic (exact) mass is 439 g/mol. The van der Waals surface area contributed by atoms with Gasteiger partial charge in [0.25, 0.3) is 0 Å². The zero-order valence-corrected chi connectivity index (χ0v) is 18.7. The summed E-state index contributed by atoms with van der Waals surface area (Å²) in [5.74, 6) is -0.0467. The normalized spacial score (nSPS) is 20.4. The minimum Gasteiger partial charge on any atom is -0.355 e. The van der Waals surface area contributed by atoms with Crippen molar-refractivity contribution in [3.8, 4) is 0 Å².